The zero-order valence-electron chi connectivity index (χ0n) is 7.89. The minimum absolute atomic E-state index is 1.09. The van der Waals surface area contributed by atoms with Gasteiger partial charge in [-0.25, -0.2) is 4.58 Å². The van der Waals surface area contributed by atoms with Gasteiger partial charge in [-0.3, -0.25) is 0 Å². The molecule has 0 spiro atoms. The molecule has 0 unspecified atom stereocenters. The Hall–Kier alpha value is -1.11. The van der Waals surface area contributed by atoms with Crippen molar-refractivity contribution >= 4 is 11.9 Å². The maximum absolute atomic E-state index is 2.23. The quantitative estimate of drug-likeness (QED) is 0.512. The summed E-state index contributed by atoms with van der Waals surface area (Å²) >= 11 is 0. The molecule has 0 atom stereocenters. The third kappa shape index (κ3) is 0.893. The lowest BCUT2D eigenvalue weighted by Crippen LogP contribution is -1.96. The van der Waals surface area contributed by atoms with Gasteiger partial charge in [0.15, 0.2) is 0 Å². The maximum Gasteiger partial charge on any atom is 0.211 e. The van der Waals surface area contributed by atoms with Crippen LogP contribution in [0.1, 0.15) is 16.7 Å². The third-order valence-corrected chi connectivity index (χ3v) is 2.72. The number of benzene rings is 1. The molecule has 0 radical (unpaired) electrons. The molecule has 1 heterocycles. The molecule has 1 nitrogen and oxygen atoms in total. The fraction of sp³-hybridized carbons (Fsp3) is 0.364. The lowest BCUT2D eigenvalue weighted by atomic mass is 10.0. The van der Waals surface area contributed by atoms with E-state index in [2.05, 4.69) is 43.8 Å². The molecule has 12 heavy (non-hydrogen) atoms. The summed E-state index contributed by atoms with van der Waals surface area (Å²) in [5.41, 5.74) is 5.68. The fourth-order valence-electron chi connectivity index (χ4n) is 1.84. The first-order chi connectivity index (χ1) is 5.70. The molecular formula is C11H14N+. The average molecular weight is 160 g/mol. The molecule has 0 saturated heterocycles. The Balaban J connectivity index is 2.70. The first kappa shape index (κ1) is 7.53. The molecule has 0 aromatic heterocycles. The summed E-state index contributed by atoms with van der Waals surface area (Å²) in [5, 5.41) is 0. The van der Waals surface area contributed by atoms with Gasteiger partial charge >= 0.3 is 0 Å². The van der Waals surface area contributed by atoms with Crippen LogP contribution >= 0.6 is 0 Å². The molecule has 1 aliphatic heterocycles. The summed E-state index contributed by atoms with van der Waals surface area (Å²) in [7, 11) is 2.12. The van der Waals surface area contributed by atoms with Gasteiger partial charge in [0.05, 0.1) is 6.42 Å². The van der Waals surface area contributed by atoms with E-state index in [-0.39, 0.29) is 0 Å². The minimum atomic E-state index is 1.09. The smallest absolute Gasteiger partial charge is 0.205 e. The van der Waals surface area contributed by atoms with Gasteiger partial charge in [-0.2, -0.15) is 0 Å². The van der Waals surface area contributed by atoms with E-state index in [1.165, 1.54) is 22.4 Å². The van der Waals surface area contributed by atoms with Gasteiger partial charge in [0, 0.05) is 11.1 Å². The zero-order chi connectivity index (χ0) is 8.72. The fourth-order valence-corrected chi connectivity index (χ4v) is 1.84. The van der Waals surface area contributed by atoms with Crippen LogP contribution in [0.2, 0.25) is 0 Å². The van der Waals surface area contributed by atoms with Crippen LogP contribution in [0.25, 0.3) is 0 Å². The Bertz CT molecular complexity index is 362. The van der Waals surface area contributed by atoms with Crippen molar-refractivity contribution in [3.05, 3.63) is 28.8 Å². The molecule has 0 N–H and O–H groups in total. The first-order valence-corrected chi connectivity index (χ1v) is 4.35. The number of fused-ring (bicyclic) bond motifs is 1. The van der Waals surface area contributed by atoms with Crippen molar-refractivity contribution in [1.82, 2.24) is 0 Å². The molecule has 0 saturated carbocycles. The monoisotopic (exact) mass is 160 g/mol. The molecular weight excluding hydrogens is 146 g/mol. The number of aryl methyl sites for hydroxylation is 1. The predicted octanol–water partition coefficient (Wildman–Crippen LogP) is 2.20. The van der Waals surface area contributed by atoms with E-state index >= 15 is 0 Å². The summed E-state index contributed by atoms with van der Waals surface area (Å²) in [4.78, 5) is 0. The molecule has 0 amide bonds. The highest BCUT2D eigenvalue weighted by atomic mass is 15.0. The van der Waals surface area contributed by atoms with Gasteiger partial charge in [0.1, 0.15) is 13.3 Å². The van der Waals surface area contributed by atoms with Gasteiger partial charge in [0.25, 0.3) is 0 Å². The van der Waals surface area contributed by atoms with Crippen molar-refractivity contribution in [2.24, 2.45) is 0 Å². The second-order valence-electron chi connectivity index (χ2n) is 3.51. The van der Waals surface area contributed by atoms with Gasteiger partial charge < -0.3 is 0 Å². The summed E-state index contributed by atoms with van der Waals surface area (Å²) in [6, 6.07) is 4.44. The minimum Gasteiger partial charge on any atom is -0.205 e. The van der Waals surface area contributed by atoms with Crippen LogP contribution in [-0.2, 0) is 6.42 Å². The molecule has 0 bridgehead atoms. The highest BCUT2D eigenvalue weighted by Gasteiger charge is 2.20. The number of hydrogen-bond acceptors (Lipinski definition) is 0. The highest BCUT2D eigenvalue weighted by molar-refractivity contribution is 5.69. The average Bonchev–Trinajstić information content (AvgIpc) is 2.41. The first-order valence-electron chi connectivity index (χ1n) is 4.35. The van der Waals surface area contributed by atoms with Crippen molar-refractivity contribution in [3.63, 3.8) is 0 Å². The molecule has 62 valence electrons. The lowest BCUT2D eigenvalue weighted by molar-refractivity contribution is -0.396. The van der Waals surface area contributed by atoms with E-state index < -0.39 is 0 Å². The largest absolute Gasteiger partial charge is 0.211 e. The van der Waals surface area contributed by atoms with Crippen molar-refractivity contribution in [1.29, 1.82) is 0 Å². The molecule has 1 aliphatic rings. The van der Waals surface area contributed by atoms with Crippen molar-refractivity contribution in [2.75, 3.05) is 7.05 Å². The van der Waals surface area contributed by atoms with Crippen LogP contribution in [0.5, 0.6) is 0 Å². The van der Waals surface area contributed by atoms with E-state index in [1.807, 2.05) is 0 Å². The van der Waals surface area contributed by atoms with E-state index in [1.54, 1.807) is 0 Å². The van der Waals surface area contributed by atoms with Gasteiger partial charge in [-0.05, 0) is 19.4 Å². The summed E-state index contributed by atoms with van der Waals surface area (Å²) in [6.45, 7) is 4.37. The Morgan fingerprint density at radius 2 is 2.00 bits per heavy atom. The van der Waals surface area contributed by atoms with E-state index in [9.17, 15) is 0 Å². The summed E-state index contributed by atoms with van der Waals surface area (Å²) in [5.74, 6) is 0. The predicted molar refractivity (Wildman–Crippen MR) is 51.5 cm³/mol. The zero-order valence-corrected chi connectivity index (χ0v) is 7.89. The van der Waals surface area contributed by atoms with Gasteiger partial charge in [0.2, 0.25) is 5.69 Å². The van der Waals surface area contributed by atoms with Crippen LogP contribution in [0.4, 0.5) is 5.69 Å². The van der Waals surface area contributed by atoms with Gasteiger partial charge in [-0.1, -0.05) is 12.1 Å². The molecule has 1 aromatic carbocycles. The van der Waals surface area contributed by atoms with Crippen LogP contribution < -0.4 is 0 Å². The van der Waals surface area contributed by atoms with Crippen LogP contribution in [0.15, 0.2) is 12.1 Å². The topological polar surface area (TPSA) is 3.01 Å². The summed E-state index contributed by atoms with van der Waals surface area (Å²) < 4.78 is 2.23. The number of rotatable bonds is 0. The molecule has 0 aliphatic carbocycles. The van der Waals surface area contributed by atoms with E-state index in [4.69, 9.17) is 0 Å². The number of nitrogens with zero attached hydrogens (tertiary/aromatic N) is 1. The normalized spacial score (nSPS) is 14.4. The Kier molecular flexibility index (Phi) is 1.53. The van der Waals surface area contributed by atoms with Crippen molar-refractivity contribution in [2.45, 2.75) is 20.3 Å². The molecule has 1 heteroatoms. The highest BCUT2D eigenvalue weighted by Crippen LogP contribution is 2.28. The second-order valence-corrected chi connectivity index (χ2v) is 3.51. The maximum atomic E-state index is 2.23. The third-order valence-electron chi connectivity index (χ3n) is 2.72. The molecule has 0 fully saturated rings. The van der Waals surface area contributed by atoms with Crippen LogP contribution in [-0.4, -0.2) is 17.8 Å². The van der Waals surface area contributed by atoms with Crippen molar-refractivity contribution in [3.8, 4) is 0 Å². The second kappa shape index (κ2) is 2.44. The van der Waals surface area contributed by atoms with Crippen LogP contribution in [0, 0.1) is 13.8 Å². The standard InChI is InChI=1S/C11H14N/c1-8-4-5-10-6-7-12(3)11(10)9(8)2/h4-5,7H,6H2,1-3H3/q+1. The SMILES string of the molecule is Cc1ccc2c(c1C)[N+](C)=CC2. The molecule has 1 aromatic rings. The van der Waals surface area contributed by atoms with Crippen molar-refractivity contribution < 1.29 is 4.58 Å². The van der Waals surface area contributed by atoms with E-state index in [0.717, 1.165) is 6.42 Å². The Labute approximate surface area is 73.4 Å². The molecule has 2 rings (SSSR count). The lowest BCUT2D eigenvalue weighted by Gasteiger charge is -2.02. The van der Waals surface area contributed by atoms with Crippen LogP contribution in [0.3, 0.4) is 0 Å². The van der Waals surface area contributed by atoms with E-state index in [0.29, 0.717) is 0 Å². The Morgan fingerprint density at radius 3 is 2.75 bits per heavy atom. The summed E-state index contributed by atoms with van der Waals surface area (Å²) in [6.07, 6.45) is 3.32. The van der Waals surface area contributed by atoms with Gasteiger partial charge in [-0.15, -0.1) is 0 Å². The number of hydrogen-bond donors (Lipinski definition) is 0. The Morgan fingerprint density at radius 1 is 1.25 bits per heavy atom.